The van der Waals surface area contributed by atoms with Crippen molar-refractivity contribution in [2.45, 2.75) is 0 Å². The van der Waals surface area contributed by atoms with Gasteiger partial charge in [0.05, 0.1) is 24.4 Å². The van der Waals surface area contributed by atoms with Gasteiger partial charge < -0.3 is 23.9 Å². The molecule has 1 aliphatic heterocycles. The van der Waals surface area contributed by atoms with Gasteiger partial charge in [-0.3, -0.25) is 4.79 Å². The number of benzene rings is 4. The number of esters is 1. The van der Waals surface area contributed by atoms with E-state index in [0.717, 1.165) is 15.4 Å². The van der Waals surface area contributed by atoms with Crippen LogP contribution >= 0.6 is 27.5 Å². The predicted octanol–water partition coefficient (Wildman–Crippen LogP) is 6.97. The zero-order valence-electron chi connectivity index (χ0n) is 21.9. The fourth-order valence-electron chi connectivity index (χ4n) is 4.55. The minimum Gasteiger partial charge on any atom is -0.493 e. The molecular weight excluding hydrogens is 626 g/mol. The number of nitrogens with one attached hydrogen (secondary N) is 2. The summed E-state index contributed by atoms with van der Waals surface area (Å²) in [5.41, 5.74) is 5.93. The SMILES string of the molecule is COc1cc(C=NNC(=O)c2[nH]c3c(Br)cccc3c2-c2ccccc2Cl)ccc1OC(=O)c1ccc2c(c1)OCO2. The number of fused-ring (bicyclic) bond motifs is 2. The molecule has 0 atom stereocenters. The molecule has 2 heterocycles. The molecule has 9 nitrogen and oxygen atoms in total. The maximum absolute atomic E-state index is 13.3. The average Bonchev–Trinajstić information content (AvgIpc) is 3.63. The molecule has 4 aromatic carbocycles. The van der Waals surface area contributed by atoms with E-state index in [1.54, 1.807) is 42.5 Å². The van der Waals surface area contributed by atoms with Crippen molar-refractivity contribution in [1.82, 2.24) is 10.4 Å². The molecule has 1 aliphatic rings. The fourth-order valence-corrected chi connectivity index (χ4v) is 5.24. The van der Waals surface area contributed by atoms with Crippen LogP contribution in [0.3, 0.4) is 0 Å². The molecule has 1 aromatic heterocycles. The van der Waals surface area contributed by atoms with Crippen LogP contribution in [0.25, 0.3) is 22.0 Å². The summed E-state index contributed by atoms with van der Waals surface area (Å²) in [7, 11) is 1.46. The first-order valence-corrected chi connectivity index (χ1v) is 13.8. The Morgan fingerprint density at radius 3 is 2.67 bits per heavy atom. The highest BCUT2D eigenvalue weighted by molar-refractivity contribution is 9.10. The number of rotatable bonds is 7. The lowest BCUT2D eigenvalue weighted by Gasteiger charge is -2.10. The Labute approximate surface area is 253 Å². The van der Waals surface area contributed by atoms with E-state index >= 15 is 0 Å². The van der Waals surface area contributed by atoms with Gasteiger partial charge in [-0.25, -0.2) is 10.2 Å². The van der Waals surface area contributed by atoms with Crippen molar-refractivity contribution >= 4 is 56.5 Å². The molecule has 0 saturated carbocycles. The zero-order valence-corrected chi connectivity index (χ0v) is 24.3. The molecule has 0 aliphatic carbocycles. The number of amides is 1. The van der Waals surface area contributed by atoms with Crippen LogP contribution in [0.5, 0.6) is 23.0 Å². The fraction of sp³-hybridized carbons (Fsp3) is 0.0645. The van der Waals surface area contributed by atoms with E-state index in [-0.39, 0.29) is 12.5 Å². The smallest absolute Gasteiger partial charge is 0.343 e. The van der Waals surface area contributed by atoms with Crippen molar-refractivity contribution in [1.29, 1.82) is 0 Å². The van der Waals surface area contributed by atoms with E-state index in [1.165, 1.54) is 13.3 Å². The number of hydrogen-bond acceptors (Lipinski definition) is 7. The van der Waals surface area contributed by atoms with Crippen molar-refractivity contribution in [3.63, 3.8) is 0 Å². The van der Waals surface area contributed by atoms with Gasteiger partial charge in [0.1, 0.15) is 5.69 Å². The minimum absolute atomic E-state index is 0.104. The Morgan fingerprint density at radius 1 is 1.00 bits per heavy atom. The molecule has 6 rings (SSSR count). The second kappa shape index (κ2) is 11.6. The molecule has 42 heavy (non-hydrogen) atoms. The number of aromatic amines is 1. The van der Waals surface area contributed by atoms with Gasteiger partial charge in [-0.15, -0.1) is 0 Å². The predicted molar refractivity (Wildman–Crippen MR) is 162 cm³/mol. The highest BCUT2D eigenvalue weighted by atomic mass is 79.9. The van der Waals surface area contributed by atoms with Gasteiger partial charge in [0.25, 0.3) is 5.91 Å². The third-order valence-electron chi connectivity index (χ3n) is 6.53. The molecule has 5 aromatic rings. The molecule has 0 fully saturated rings. The van der Waals surface area contributed by atoms with Crippen molar-refractivity contribution in [3.8, 4) is 34.1 Å². The van der Waals surface area contributed by atoms with Crippen molar-refractivity contribution in [2.75, 3.05) is 13.9 Å². The molecule has 11 heteroatoms. The Hall–Kier alpha value is -4.80. The number of nitrogens with zero attached hydrogens (tertiary/aromatic N) is 1. The molecule has 0 saturated heterocycles. The summed E-state index contributed by atoms with van der Waals surface area (Å²) >= 11 is 10.1. The van der Waals surface area contributed by atoms with E-state index in [2.05, 4.69) is 31.4 Å². The van der Waals surface area contributed by atoms with Gasteiger partial charge in [0, 0.05) is 26.0 Å². The number of methoxy groups -OCH3 is 1. The van der Waals surface area contributed by atoms with Gasteiger partial charge in [0.2, 0.25) is 6.79 Å². The molecule has 2 N–H and O–H groups in total. The standard InChI is InChI=1S/C31H21BrClN3O6/c1-39-25-13-17(9-11-24(25)42-31(38)18-10-12-23-26(14-18)41-16-40-23)15-34-36-30(37)29-27(19-5-2-3-8-22(19)33)20-6-4-7-21(32)28(20)35-29/h2-15,35H,16H2,1H3,(H,36,37). The van der Waals surface area contributed by atoms with Crippen LogP contribution in [0, 0.1) is 0 Å². The lowest BCUT2D eigenvalue weighted by Crippen LogP contribution is -2.19. The van der Waals surface area contributed by atoms with Crippen LogP contribution in [0.4, 0.5) is 0 Å². The van der Waals surface area contributed by atoms with Gasteiger partial charge in [-0.05, 0) is 70.0 Å². The molecule has 0 radical (unpaired) electrons. The second-order valence-corrected chi connectivity index (χ2v) is 10.3. The monoisotopic (exact) mass is 645 g/mol. The van der Waals surface area contributed by atoms with Crippen LogP contribution in [-0.2, 0) is 0 Å². The lowest BCUT2D eigenvalue weighted by molar-refractivity contribution is 0.0729. The minimum atomic E-state index is -0.584. The summed E-state index contributed by atoms with van der Waals surface area (Å²) in [5.74, 6) is 0.529. The normalized spacial score (nSPS) is 12.1. The van der Waals surface area contributed by atoms with Gasteiger partial charge in [-0.1, -0.05) is 41.9 Å². The molecule has 0 unspecified atom stereocenters. The molecule has 210 valence electrons. The van der Waals surface area contributed by atoms with Crippen LogP contribution in [0.15, 0.2) is 88.4 Å². The van der Waals surface area contributed by atoms with Crippen molar-refractivity contribution < 1.29 is 28.5 Å². The summed E-state index contributed by atoms with van der Waals surface area (Å²) in [6.07, 6.45) is 1.46. The molecule has 1 amide bonds. The van der Waals surface area contributed by atoms with E-state index in [0.29, 0.717) is 50.2 Å². The quantitative estimate of drug-likeness (QED) is 0.0855. The first kappa shape index (κ1) is 27.4. The van der Waals surface area contributed by atoms with Crippen molar-refractivity contribution in [3.05, 3.63) is 105 Å². The Balaban J connectivity index is 1.21. The average molecular weight is 647 g/mol. The first-order valence-electron chi connectivity index (χ1n) is 12.6. The lowest BCUT2D eigenvalue weighted by atomic mass is 10.0. The van der Waals surface area contributed by atoms with Crippen LogP contribution in [-0.4, -0.2) is 37.0 Å². The molecule has 0 spiro atoms. The topological polar surface area (TPSA) is 111 Å². The third-order valence-corrected chi connectivity index (χ3v) is 7.52. The van der Waals surface area contributed by atoms with Crippen LogP contribution in [0.1, 0.15) is 26.4 Å². The number of H-pyrrole nitrogens is 1. The zero-order chi connectivity index (χ0) is 29.2. The van der Waals surface area contributed by atoms with Gasteiger partial charge in [-0.2, -0.15) is 5.10 Å². The summed E-state index contributed by atoms with van der Waals surface area (Å²) in [5, 5.41) is 5.49. The molecular formula is C31H21BrClN3O6. The number of hydrazone groups is 1. The third kappa shape index (κ3) is 5.29. The van der Waals surface area contributed by atoms with Crippen LogP contribution < -0.4 is 24.4 Å². The summed E-state index contributed by atoms with van der Waals surface area (Å²) in [4.78, 5) is 29.2. The maximum atomic E-state index is 13.3. The Bertz CT molecular complexity index is 1890. The largest absolute Gasteiger partial charge is 0.493 e. The first-order chi connectivity index (χ1) is 20.4. The second-order valence-electron chi connectivity index (χ2n) is 9.08. The number of halogens is 2. The van der Waals surface area contributed by atoms with Crippen LogP contribution in [0.2, 0.25) is 5.02 Å². The number of carbonyl (C=O) groups is 2. The summed E-state index contributed by atoms with van der Waals surface area (Å²) < 4.78 is 22.4. The summed E-state index contributed by atoms with van der Waals surface area (Å²) in [6.45, 7) is 0.104. The Morgan fingerprint density at radius 2 is 1.83 bits per heavy atom. The number of para-hydroxylation sites is 1. The number of hydrogen-bond donors (Lipinski definition) is 2. The highest BCUT2D eigenvalue weighted by Crippen LogP contribution is 2.39. The van der Waals surface area contributed by atoms with Crippen molar-refractivity contribution in [2.24, 2.45) is 5.10 Å². The number of carbonyl (C=O) groups excluding carboxylic acids is 2. The van der Waals surface area contributed by atoms with E-state index in [9.17, 15) is 9.59 Å². The number of aromatic nitrogens is 1. The van der Waals surface area contributed by atoms with Gasteiger partial charge in [0.15, 0.2) is 23.0 Å². The molecule has 0 bridgehead atoms. The highest BCUT2D eigenvalue weighted by Gasteiger charge is 2.22. The maximum Gasteiger partial charge on any atom is 0.343 e. The van der Waals surface area contributed by atoms with E-state index in [1.807, 2.05) is 36.4 Å². The van der Waals surface area contributed by atoms with Gasteiger partial charge >= 0.3 is 5.97 Å². The Kier molecular flexibility index (Phi) is 7.56. The van der Waals surface area contributed by atoms with E-state index < -0.39 is 11.9 Å². The van der Waals surface area contributed by atoms with E-state index in [4.69, 9.17) is 30.5 Å². The number of ether oxygens (including phenoxy) is 4. The summed E-state index contributed by atoms with van der Waals surface area (Å²) in [6, 6.07) is 22.7.